The van der Waals surface area contributed by atoms with Crippen LogP contribution in [0.1, 0.15) is 25.7 Å². The Morgan fingerprint density at radius 3 is 2.94 bits per heavy atom. The number of aliphatic imine (C=N–C) groups is 1. The Balaban J connectivity index is 2.05. The standard InChI is InChI=1S/C10H13ClFN3O/c11-10(9(12)16)13-6-5-8(15-10)14-7-3-1-2-4-7/h5-7,13H,1-4H2,(H,14,15). The molecule has 0 spiro atoms. The summed E-state index contributed by atoms with van der Waals surface area (Å²) in [5, 5.41) is 3.54. The van der Waals surface area contributed by atoms with E-state index in [9.17, 15) is 9.18 Å². The van der Waals surface area contributed by atoms with Crippen LogP contribution in [0.3, 0.4) is 0 Å². The Hall–Kier alpha value is -1.10. The summed E-state index contributed by atoms with van der Waals surface area (Å²) in [4.78, 5) is 14.5. The number of hydrogen-bond acceptors (Lipinski definition) is 4. The minimum Gasteiger partial charge on any atom is -0.367 e. The first kappa shape index (κ1) is 11.4. The second kappa shape index (κ2) is 4.41. The molecule has 4 nitrogen and oxygen atoms in total. The van der Waals surface area contributed by atoms with E-state index < -0.39 is 11.2 Å². The number of nitrogens with zero attached hydrogens (tertiary/aromatic N) is 1. The molecule has 2 aliphatic rings. The van der Waals surface area contributed by atoms with Gasteiger partial charge in [-0.3, -0.25) is 4.79 Å². The monoisotopic (exact) mass is 245 g/mol. The van der Waals surface area contributed by atoms with Crippen LogP contribution in [0, 0.1) is 0 Å². The van der Waals surface area contributed by atoms with Crippen molar-refractivity contribution < 1.29 is 9.18 Å². The van der Waals surface area contributed by atoms with Crippen molar-refractivity contribution in [3.8, 4) is 0 Å². The van der Waals surface area contributed by atoms with Gasteiger partial charge in [-0.25, -0.2) is 4.99 Å². The minimum absolute atomic E-state index is 0.345. The number of rotatable bonds is 2. The predicted molar refractivity (Wildman–Crippen MR) is 59.8 cm³/mol. The van der Waals surface area contributed by atoms with Gasteiger partial charge in [-0.1, -0.05) is 24.4 Å². The highest BCUT2D eigenvalue weighted by atomic mass is 35.5. The molecule has 0 bridgehead atoms. The molecule has 0 amide bonds. The van der Waals surface area contributed by atoms with Gasteiger partial charge < -0.3 is 10.6 Å². The van der Waals surface area contributed by atoms with Crippen LogP contribution in [-0.2, 0) is 4.79 Å². The summed E-state index contributed by atoms with van der Waals surface area (Å²) in [6.07, 6.45) is 7.57. The molecule has 6 heteroatoms. The van der Waals surface area contributed by atoms with E-state index in [4.69, 9.17) is 11.6 Å². The lowest BCUT2D eigenvalue weighted by molar-refractivity contribution is -0.132. The fraction of sp³-hybridized carbons (Fsp3) is 0.600. The number of hydrogen-bond donors (Lipinski definition) is 2. The highest BCUT2D eigenvalue weighted by Crippen LogP contribution is 2.21. The van der Waals surface area contributed by atoms with Gasteiger partial charge in [-0.05, 0) is 18.9 Å². The molecule has 1 saturated carbocycles. The van der Waals surface area contributed by atoms with Crippen LogP contribution in [0.2, 0.25) is 0 Å². The summed E-state index contributed by atoms with van der Waals surface area (Å²) in [7, 11) is 0. The van der Waals surface area contributed by atoms with Crippen molar-refractivity contribution in [1.82, 2.24) is 10.6 Å². The van der Waals surface area contributed by atoms with Crippen molar-refractivity contribution in [2.24, 2.45) is 4.99 Å². The highest BCUT2D eigenvalue weighted by Gasteiger charge is 2.37. The van der Waals surface area contributed by atoms with Gasteiger partial charge in [-0.2, -0.15) is 4.39 Å². The molecular weight excluding hydrogens is 233 g/mol. The van der Waals surface area contributed by atoms with Crippen molar-refractivity contribution in [1.29, 1.82) is 0 Å². The molecule has 1 unspecified atom stereocenters. The Morgan fingerprint density at radius 2 is 2.31 bits per heavy atom. The normalized spacial score (nSPS) is 29.8. The average Bonchev–Trinajstić information content (AvgIpc) is 2.70. The van der Waals surface area contributed by atoms with Gasteiger partial charge in [0.25, 0.3) is 0 Å². The van der Waals surface area contributed by atoms with E-state index in [0.29, 0.717) is 11.9 Å². The van der Waals surface area contributed by atoms with E-state index in [1.165, 1.54) is 19.0 Å². The summed E-state index contributed by atoms with van der Waals surface area (Å²) in [6.45, 7) is 0. The van der Waals surface area contributed by atoms with Gasteiger partial charge >= 0.3 is 11.2 Å². The van der Waals surface area contributed by atoms with Crippen LogP contribution in [0.5, 0.6) is 0 Å². The third-order valence-electron chi connectivity index (χ3n) is 2.76. The number of alkyl halides is 1. The fourth-order valence-corrected chi connectivity index (χ4v) is 2.08. The van der Waals surface area contributed by atoms with Crippen LogP contribution >= 0.6 is 11.6 Å². The van der Waals surface area contributed by atoms with E-state index in [0.717, 1.165) is 12.8 Å². The molecule has 1 aliphatic heterocycles. The Bertz CT molecular complexity index is 352. The van der Waals surface area contributed by atoms with Crippen molar-refractivity contribution in [2.45, 2.75) is 36.8 Å². The van der Waals surface area contributed by atoms with Crippen molar-refractivity contribution in [2.75, 3.05) is 0 Å². The molecule has 1 fully saturated rings. The molecule has 0 saturated heterocycles. The van der Waals surface area contributed by atoms with Crippen molar-refractivity contribution in [3.05, 3.63) is 12.3 Å². The summed E-state index contributed by atoms with van der Waals surface area (Å²) < 4.78 is 12.7. The van der Waals surface area contributed by atoms with Crippen LogP contribution in [0.4, 0.5) is 4.39 Å². The molecule has 88 valence electrons. The second-order valence-electron chi connectivity index (χ2n) is 4.00. The second-order valence-corrected chi connectivity index (χ2v) is 4.54. The Morgan fingerprint density at radius 1 is 1.62 bits per heavy atom. The predicted octanol–water partition coefficient (Wildman–Crippen LogP) is 1.42. The van der Waals surface area contributed by atoms with Gasteiger partial charge in [0, 0.05) is 12.2 Å². The molecule has 0 aromatic rings. The summed E-state index contributed by atoms with van der Waals surface area (Å²) in [5.41, 5.74) is 0. The fourth-order valence-electron chi connectivity index (χ4n) is 1.93. The summed E-state index contributed by atoms with van der Waals surface area (Å²) in [5.74, 6) is 0.451. The van der Waals surface area contributed by atoms with Crippen molar-refractivity contribution >= 4 is 23.5 Å². The van der Waals surface area contributed by atoms with Gasteiger partial charge in [0.15, 0.2) is 0 Å². The van der Waals surface area contributed by atoms with Crippen LogP contribution in [-0.4, -0.2) is 23.0 Å². The lowest BCUT2D eigenvalue weighted by atomic mass is 10.2. The molecule has 16 heavy (non-hydrogen) atoms. The smallest absolute Gasteiger partial charge is 0.365 e. The minimum atomic E-state index is -1.99. The van der Waals surface area contributed by atoms with Crippen LogP contribution in [0.25, 0.3) is 0 Å². The Labute approximate surface area is 97.9 Å². The first-order valence-electron chi connectivity index (χ1n) is 5.30. The summed E-state index contributed by atoms with van der Waals surface area (Å²) >= 11 is 5.68. The van der Waals surface area contributed by atoms with Crippen molar-refractivity contribution in [3.63, 3.8) is 0 Å². The zero-order valence-corrected chi connectivity index (χ0v) is 9.43. The van der Waals surface area contributed by atoms with Crippen LogP contribution < -0.4 is 10.6 Å². The molecule has 1 heterocycles. The molecule has 1 atom stereocenters. The average molecular weight is 246 g/mol. The number of carbonyl (C=O) groups excluding carboxylic acids is 1. The highest BCUT2D eigenvalue weighted by molar-refractivity contribution is 6.34. The Kier molecular flexibility index (Phi) is 3.14. The van der Waals surface area contributed by atoms with E-state index >= 15 is 0 Å². The molecule has 0 radical (unpaired) electrons. The molecule has 0 aromatic carbocycles. The third kappa shape index (κ3) is 2.35. The first-order valence-corrected chi connectivity index (χ1v) is 5.67. The number of nitrogens with one attached hydrogen (secondary N) is 2. The zero-order valence-electron chi connectivity index (χ0n) is 8.67. The van der Waals surface area contributed by atoms with Gasteiger partial charge in [0.2, 0.25) is 0 Å². The van der Waals surface area contributed by atoms with Gasteiger partial charge in [-0.15, -0.1) is 0 Å². The lowest BCUT2D eigenvalue weighted by Gasteiger charge is -2.24. The molecule has 2 N–H and O–H groups in total. The van der Waals surface area contributed by atoms with E-state index in [1.54, 1.807) is 6.08 Å². The maximum atomic E-state index is 12.7. The van der Waals surface area contributed by atoms with Crippen LogP contribution in [0.15, 0.2) is 17.3 Å². The summed E-state index contributed by atoms with van der Waals surface area (Å²) in [6, 6.07) is -1.36. The van der Waals surface area contributed by atoms with E-state index in [-0.39, 0.29) is 0 Å². The van der Waals surface area contributed by atoms with Gasteiger partial charge in [0.05, 0.1) is 0 Å². The first-order chi connectivity index (χ1) is 7.60. The number of amidine groups is 1. The topological polar surface area (TPSA) is 53.5 Å². The third-order valence-corrected chi connectivity index (χ3v) is 3.10. The molecule has 0 aromatic heterocycles. The number of carbonyl (C=O) groups is 1. The maximum Gasteiger partial charge on any atom is 0.365 e. The zero-order chi connectivity index (χ0) is 11.6. The number of halogens is 2. The molecule has 1 aliphatic carbocycles. The quantitative estimate of drug-likeness (QED) is 0.440. The maximum absolute atomic E-state index is 12.7. The van der Waals surface area contributed by atoms with E-state index in [1.807, 2.05) is 0 Å². The lowest BCUT2D eigenvalue weighted by Crippen LogP contribution is -2.46. The molecule has 2 rings (SSSR count). The molecular formula is C10H13ClFN3O. The van der Waals surface area contributed by atoms with E-state index in [2.05, 4.69) is 15.6 Å². The van der Waals surface area contributed by atoms with Gasteiger partial charge in [0.1, 0.15) is 5.84 Å². The SMILES string of the molecule is O=C(F)C1(Cl)N=C(NC2CCCC2)C=CN1. The largest absolute Gasteiger partial charge is 0.367 e.